The van der Waals surface area contributed by atoms with Gasteiger partial charge in [0.1, 0.15) is 0 Å². The minimum atomic E-state index is 0.0703. The molecule has 2 nitrogen and oxygen atoms in total. The standard InChI is InChI=1S/C14H19NO/c1-9(2)13-7-4-11(8-10(13)3)14(16)15-12-5-6-12/h4,7-9,12H,5-6H2,1-3H3,(H,15,16). The molecule has 1 amide bonds. The van der Waals surface area contributed by atoms with E-state index in [1.54, 1.807) is 0 Å². The topological polar surface area (TPSA) is 29.1 Å². The van der Waals surface area contributed by atoms with Crippen LogP contribution in [0.15, 0.2) is 18.2 Å². The minimum Gasteiger partial charge on any atom is -0.349 e. The molecule has 0 aliphatic heterocycles. The van der Waals surface area contributed by atoms with Crippen molar-refractivity contribution in [3.8, 4) is 0 Å². The second-order valence-electron chi connectivity index (χ2n) is 4.97. The maximum absolute atomic E-state index is 11.8. The summed E-state index contributed by atoms with van der Waals surface area (Å²) in [5, 5.41) is 3.01. The van der Waals surface area contributed by atoms with Gasteiger partial charge in [-0.2, -0.15) is 0 Å². The Morgan fingerprint density at radius 1 is 1.38 bits per heavy atom. The molecule has 0 unspecified atom stereocenters. The quantitative estimate of drug-likeness (QED) is 0.828. The number of benzene rings is 1. The Kier molecular flexibility index (Phi) is 2.99. The predicted molar refractivity (Wildman–Crippen MR) is 65.8 cm³/mol. The first-order chi connectivity index (χ1) is 7.58. The lowest BCUT2D eigenvalue weighted by Gasteiger charge is -2.11. The van der Waals surface area contributed by atoms with Gasteiger partial charge in [-0.3, -0.25) is 4.79 Å². The summed E-state index contributed by atoms with van der Waals surface area (Å²) in [6.45, 7) is 6.42. The van der Waals surface area contributed by atoms with Crippen molar-refractivity contribution in [2.45, 2.75) is 45.6 Å². The third kappa shape index (κ3) is 2.43. The SMILES string of the molecule is Cc1cc(C(=O)NC2CC2)ccc1C(C)C. The van der Waals surface area contributed by atoms with Crippen molar-refractivity contribution in [2.75, 3.05) is 0 Å². The minimum absolute atomic E-state index is 0.0703. The normalized spacial score (nSPS) is 15.2. The van der Waals surface area contributed by atoms with Gasteiger partial charge in [-0.1, -0.05) is 19.9 Å². The number of hydrogen-bond acceptors (Lipinski definition) is 1. The van der Waals surface area contributed by atoms with E-state index < -0.39 is 0 Å². The van der Waals surface area contributed by atoms with Gasteiger partial charge in [0.05, 0.1) is 0 Å². The summed E-state index contributed by atoms with van der Waals surface area (Å²) in [5.74, 6) is 0.585. The number of carbonyl (C=O) groups is 1. The molecular formula is C14H19NO. The van der Waals surface area contributed by atoms with Gasteiger partial charge in [0.2, 0.25) is 0 Å². The number of hydrogen-bond donors (Lipinski definition) is 1. The number of amides is 1. The Bertz CT molecular complexity index is 405. The van der Waals surface area contributed by atoms with Gasteiger partial charge in [-0.05, 0) is 48.9 Å². The highest BCUT2D eigenvalue weighted by molar-refractivity contribution is 5.94. The van der Waals surface area contributed by atoms with E-state index in [2.05, 4.69) is 32.2 Å². The first-order valence-corrected chi connectivity index (χ1v) is 5.99. The summed E-state index contributed by atoms with van der Waals surface area (Å²) in [4.78, 5) is 11.8. The fraction of sp³-hybridized carbons (Fsp3) is 0.500. The van der Waals surface area contributed by atoms with E-state index >= 15 is 0 Å². The van der Waals surface area contributed by atoms with Gasteiger partial charge in [0, 0.05) is 11.6 Å². The Hall–Kier alpha value is -1.31. The van der Waals surface area contributed by atoms with Crippen LogP contribution < -0.4 is 5.32 Å². The maximum atomic E-state index is 11.8. The molecule has 0 bridgehead atoms. The molecule has 1 aromatic rings. The van der Waals surface area contributed by atoms with Crippen LogP contribution in [0.3, 0.4) is 0 Å². The molecule has 1 saturated carbocycles. The Morgan fingerprint density at radius 2 is 2.06 bits per heavy atom. The number of nitrogens with one attached hydrogen (secondary N) is 1. The third-order valence-corrected chi connectivity index (χ3v) is 3.07. The molecule has 0 spiro atoms. The molecule has 1 aromatic carbocycles. The second-order valence-corrected chi connectivity index (χ2v) is 4.97. The lowest BCUT2D eigenvalue weighted by Crippen LogP contribution is -2.25. The summed E-state index contributed by atoms with van der Waals surface area (Å²) in [6, 6.07) is 6.42. The molecule has 1 aliphatic carbocycles. The Morgan fingerprint density at radius 3 is 2.56 bits per heavy atom. The average Bonchev–Trinajstić information content (AvgIpc) is 3.00. The zero-order valence-corrected chi connectivity index (χ0v) is 10.2. The van der Waals surface area contributed by atoms with Crippen LogP contribution in [0.25, 0.3) is 0 Å². The Labute approximate surface area is 97.1 Å². The zero-order valence-electron chi connectivity index (χ0n) is 10.2. The van der Waals surface area contributed by atoms with E-state index in [9.17, 15) is 4.79 Å². The Balaban J connectivity index is 2.16. The zero-order chi connectivity index (χ0) is 11.7. The average molecular weight is 217 g/mol. The van der Waals surface area contributed by atoms with Crippen molar-refractivity contribution < 1.29 is 4.79 Å². The van der Waals surface area contributed by atoms with Gasteiger partial charge >= 0.3 is 0 Å². The van der Waals surface area contributed by atoms with Crippen LogP contribution in [-0.4, -0.2) is 11.9 Å². The molecule has 0 heterocycles. The summed E-state index contributed by atoms with van der Waals surface area (Å²) >= 11 is 0. The lowest BCUT2D eigenvalue weighted by molar-refractivity contribution is 0.0951. The maximum Gasteiger partial charge on any atom is 0.251 e. The fourth-order valence-corrected chi connectivity index (χ4v) is 1.96. The van der Waals surface area contributed by atoms with E-state index in [1.165, 1.54) is 11.1 Å². The van der Waals surface area contributed by atoms with E-state index in [-0.39, 0.29) is 5.91 Å². The number of carbonyl (C=O) groups excluding carboxylic acids is 1. The highest BCUT2D eigenvalue weighted by atomic mass is 16.1. The molecule has 2 heteroatoms. The summed E-state index contributed by atoms with van der Waals surface area (Å²) in [5.41, 5.74) is 3.32. The molecule has 0 saturated heterocycles. The first-order valence-electron chi connectivity index (χ1n) is 5.99. The van der Waals surface area contributed by atoms with Crippen molar-refractivity contribution in [2.24, 2.45) is 0 Å². The molecule has 16 heavy (non-hydrogen) atoms. The summed E-state index contributed by atoms with van der Waals surface area (Å²) in [6.07, 6.45) is 2.27. The first kappa shape index (κ1) is 11.2. The van der Waals surface area contributed by atoms with Crippen LogP contribution in [0.2, 0.25) is 0 Å². The molecule has 0 atom stereocenters. The van der Waals surface area contributed by atoms with Crippen LogP contribution in [-0.2, 0) is 0 Å². The monoisotopic (exact) mass is 217 g/mol. The van der Waals surface area contributed by atoms with Crippen LogP contribution in [0.4, 0.5) is 0 Å². The molecule has 1 fully saturated rings. The van der Waals surface area contributed by atoms with Crippen LogP contribution in [0, 0.1) is 6.92 Å². The van der Waals surface area contributed by atoms with E-state index in [4.69, 9.17) is 0 Å². The van der Waals surface area contributed by atoms with Crippen LogP contribution >= 0.6 is 0 Å². The van der Waals surface area contributed by atoms with Gasteiger partial charge in [0.25, 0.3) is 5.91 Å². The van der Waals surface area contributed by atoms with E-state index in [0.29, 0.717) is 12.0 Å². The lowest BCUT2D eigenvalue weighted by atomic mass is 9.96. The molecule has 0 radical (unpaired) electrons. The highest BCUT2D eigenvalue weighted by Gasteiger charge is 2.23. The second kappa shape index (κ2) is 4.28. The van der Waals surface area contributed by atoms with Crippen LogP contribution in [0.1, 0.15) is 54.1 Å². The third-order valence-electron chi connectivity index (χ3n) is 3.07. The summed E-state index contributed by atoms with van der Waals surface area (Å²) < 4.78 is 0. The highest BCUT2D eigenvalue weighted by Crippen LogP contribution is 2.22. The molecule has 1 aliphatic rings. The van der Waals surface area contributed by atoms with Gasteiger partial charge in [0.15, 0.2) is 0 Å². The van der Waals surface area contributed by atoms with Crippen LogP contribution in [0.5, 0.6) is 0 Å². The largest absolute Gasteiger partial charge is 0.349 e. The molecule has 86 valence electrons. The van der Waals surface area contributed by atoms with Crippen molar-refractivity contribution in [3.63, 3.8) is 0 Å². The van der Waals surface area contributed by atoms with E-state index in [0.717, 1.165) is 18.4 Å². The van der Waals surface area contributed by atoms with E-state index in [1.807, 2.05) is 12.1 Å². The molecule has 0 aromatic heterocycles. The van der Waals surface area contributed by atoms with Crippen molar-refractivity contribution in [1.82, 2.24) is 5.32 Å². The van der Waals surface area contributed by atoms with Gasteiger partial charge in [-0.15, -0.1) is 0 Å². The molecular weight excluding hydrogens is 198 g/mol. The number of aryl methyl sites for hydroxylation is 1. The van der Waals surface area contributed by atoms with Gasteiger partial charge in [-0.25, -0.2) is 0 Å². The molecule has 2 rings (SSSR count). The molecule has 1 N–H and O–H groups in total. The van der Waals surface area contributed by atoms with Crippen molar-refractivity contribution in [1.29, 1.82) is 0 Å². The van der Waals surface area contributed by atoms with Gasteiger partial charge < -0.3 is 5.32 Å². The smallest absolute Gasteiger partial charge is 0.251 e. The number of rotatable bonds is 3. The van der Waals surface area contributed by atoms with Crippen molar-refractivity contribution in [3.05, 3.63) is 34.9 Å². The van der Waals surface area contributed by atoms with Crippen molar-refractivity contribution >= 4 is 5.91 Å². The fourth-order valence-electron chi connectivity index (χ4n) is 1.96. The predicted octanol–water partition coefficient (Wildman–Crippen LogP) is 3.01. The summed E-state index contributed by atoms with van der Waals surface area (Å²) in [7, 11) is 0.